The Balaban J connectivity index is 2.60. The summed E-state index contributed by atoms with van der Waals surface area (Å²) in [4.78, 5) is 2.35. The molecule has 4 atom stereocenters. The Morgan fingerprint density at radius 2 is 2.00 bits per heavy atom. The second-order valence-electron chi connectivity index (χ2n) is 5.70. The molecule has 0 aromatic heterocycles. The van der Waals surface area contributed by atoms with Crippen LogP contribution >= 0.6 is 0 Å². The fourth-order valence-corrected chi connectivity index (χ4v) is 3.24. The minimum atomic E-state index is 0.101. The highest BCUT2D eigenvalue weighted by Crippen LogP contribution is 2.29. The van der Waals surface area contributed by atoms with Crippen molar-refractivity contribution >= 4 is 0 Å². The van der Waals surface area contributed by atoms with Gasteiger partial charge in [-0.3, -0.25) is 4.90 Å². The Labute approximate surface area is 106 Å². The number of nitrogens with two attached hydrogens (primary N) is 1. The van der Waals surface area contributed by atoms with Crippen LogP contribution in [0.15, 0.2) is 0 Å². The average Bonchev–Trinajstić information content (AvgIpc) is 2.30. The summed E-state index contributed by atoms with van der Waals surface area (Å²) in [7, 11) is 2.14. The van der Waals surface area contributed by atoms with E-state index in [1.807, 2.05) is 0 Å². The maximum atomic E-state index is 9.59. The molecule has 4 unspecified atom stereocenters. The van der Waals surface area contributed by atoms with Crippen molar-refractivity contribution in [2.45, 2.75) is 70.5 Å². The summed E-state index contributed by atoms with van der Waals surface area (Å²) in [6.07, 6.45) is 7.34. The van der Waals surface area contributed by atoms with Crippen molar-refractivity contribution in [2.24, 2.45) is 11.7 Å². The first-order valence-corrected chi connectivity index (χ1v) is 7.20. The molecule has 0 aromatic carbocycles. The van der Waals surface area contributed by atoms with Gasteiger partial charge in [-0.15, -0.1) is 0 Å². The third kappa shape index (κ3) is 3.94. The normalized spacial score (nSPS) is 29.3. The summed E-state index contributed by atoms with van der Waals surface area (Å²) in [5.41, 5.74) is 6.19. The van der Waals surface area contributed by atoms with Crippen LogP contribution in [0.25, 0.3) is 0 Å². The number of rotatable bonds is 6. The molecule has 1 fully saturated rings. The largest absolute Gasteiger partial charge is 0.395 e. The Hall–Kier alpha value is -0.120. The molecule has 102 valence electrons. The van der Waals surface area contributed by atoms with Crippen LogP contribution in [0.3, 0.4) is 0 Å². The van der Waals surface area contributed by atoms with Crippen LogP contribution in [0.2, 0.25) is 0 Å². The van der Waals surface area contributed by atoms with Crippen molar-refractivity contribution in [1.29, 1.82) is 0 Å². The van der Waals surface area contributed by atoms with Gasteiger partial charge in [-0.2, -0.15) is 0 Å². The van der Waals surface area contributed by atoms with E-state index in [9.17, 15) is 5.11 Å². The highest BCUT2D eigenvalue weighted by molar-refractivity contribution is 4.87. The van der Waals surface area contributed by atoms with Crippen LogP contribution in [0.5, 0.6) is 0 Å². The van der Waals surface area contributed by atoms with Gasteiger partial charge >= 0.3 is 0 Å². The number of hydrogen-bond acceptors (Lipinski definition) is 3. The average molecular weight is 242 g/mol. The third-order valence-corrected chi connectivity index (χ3v) is 4.42. The van der Waals surface area contributed by atoms with Gasteiger partial charge in [0.2, 0.25) is 0 Å². The molecule has 3 N–H and O–H groups in total. The van der Waals surface area contributed by atoms with Crippen molar-refractivity contribution < 1.29 is 5.11 Å². The minimum Gasteiger partial charge on any atom is -0.395 e. The SMILES string of the molecule is CCCC(N)C(CO)N(C)C1CCCCC1C. The standard InChI is InChI=1S/C14H30N2O/c1-4-7-12(15)14(10-17)16(3)13-9-6-5-8-11(13)2/h11-14,17H,4-10,15H2,1-3H3. The van der Waals surface area contributed by atoms with Crippen LogP contribution < -0.4 is 5.73 Å². The zero-order chi connectivity index (χ0) is 12.8. The van der Waals surface area contributed by atoms with E-state index in [0.717, 1.165) is 18.8 Å². The van der Waals surface area contributed by atoms with E-state index in [1.54, 1.807) is 0 Å². The van der Waals surface area contributed by atoms with Gasteiger partial charge in [0.05, 0.1) is 6.61 Å². The zero-order valence-corrected chi connectivity index (χ0v) is 11.7. The lowest BCUT2D eigenvalue weighted by molar-refractivity contribution is 0.0486. The molecule has 0 radical (unpaired) electrons. The van der Waals surface area contributed by atoms with Gasteiger partial charge in [0.1, 0.15) is 0 Å². The van der Waals surface area contributed by atoms with Crippen molar-refractivity contribution in [2.75, 3.05) is 13.7 Å². The summed E-state index contributed by atoms with van der Waals surface area (Å²) in [6, 6.07) is 0.827. The van der Waals surface area contributed by atoms with Crippen LogP contribution in [0, 0.1) is 5.92 Å². The first-order valence-electron chi connectivity index (χ1n) is 7.20. The Morgan fingerprint density at radius 1 is 1.35 bits per heavy atom. The van der Waals surface area contributed by atoms with Crippen LogP contribution in [-0.4, -0.2) is 41.8 Å². The fourth-order valence-electron chi connectivity index (χ4n) is 3.24. The van der Waals surface area contributed by atoms with E-state index in [0.29, 0.717) is 6.04 Å². The highest BCUT2D eigenvalue weighted by atomic mass is 16.3. The molecule has 0 saturated heterocycles. The fraction of sp³-hybridized carbons (Fsp3) is 1.00. The Bertz CT molecular complexity index is 210. The second kappa shape index (κ2) is 7.34. The molecular formula is C14H30N2O. The van der Waals surface area contributed by atoms with Crippen LogP contribution in [0.1, 0.15) is 52.4 Å². The summed E-state index contributed by atoms with van der Waals surface area (Å²) in [5, 5.41) is 9.59. The van der Waals surface area contributed by atoms with Crippen molar-refractivity contribution in [1.82, 2.24) is 4.90 Å². The number of aliphatic hydroxyl groups is 1. The van der Waals surface area contributed by atoms with E-state index >= 15 is 0 Å². The molecule has 0 bridgehead atoms. The van der Waals surface area contributed by atoms with Gasteiger partial charge in [-0.25, -0.2) is 0 Å². The van der Waals surface area contributed by atoms with Gasteiger partial charge in [0.15, 0.2) is 0 Å². The molecule has 17 heavy (non-hydrogen) atoms. The van der Waals surface area contributed by atoms with Crippen molar-refractivity contribution in [3.05, 3.63) is 0 Å². The monoisotopic (exact) mass is 242 g/mol. The number of nitrogens with zero attached hydrogens (tertiary/aromatic N) is 1. The smallest absolute Gasteiger partial charge is 0.0601 e. The lowest BCUT2D eigenvalue weighted by Gasteiger charge is -2.42. The topological polar surface area (TPSA) is 49.5 Å². The van der Waals surface area contributed by atoms with Gasteiger partial charge in [-0.1, -0.05) is 33.1 Å². The summed E-state index contributed by atoms with van der Waals surface area (Å²) < 4.78 is 0. The highest BCUT2D eigenvalue weighted by Gasteiger charge is 2.31. The first-order chi connectivity index (χ1) is 8.11. The van der Waals surface area contributed by atoms with Gasteiger partial charge in [-0.05, 0) is 32.2 Å². The van der Waals surface area contributed by atoms with Gasteiger partial charge in [0, 0.05) is 18.1 Å². The van der Waals surface area contributed by atoms with Crippen LogP contribution in [0.4, 0.5) is 0 Å². The molecule has 0 heterocycles. The molecular weight excluding hydrogens is 212 g/mol. The van der Waals surface area contributed by atoms with Gasteiger partial charge in [0.25, 0.3) is 0 Å². The molecule has 3 heteroatoms. The predicted molar refractivity (Wildman–Crippen MR) is 72.9 cm³/mol. The predicted octanol–water partition coefficient (Wildman–Crippen LogP) is 1.99. The second-order valence-corrected chi connectivity index (χ2v) is 5.70. The maximum absolute atomic E-state index is 9.59. The Kier molecular flexibility index (Phi) is 6.45. The molecule has 0 aliphatic heterocycles. The summed E-state index contributed by atoms with van der Waals surface area (Å²) >= 11 is 0. The number of likely N-dealkylation sites (N-methyl/N-ethyl adjacent to an activating group) is 1. The quantitative estimate of drug-likeness (QED) is 0.749. The molecule has 0 aromatic rings. The molecule has 1 aliphatic rings. The van der Waals surface area contributed by atoms with Crippen molar-refractivity contribution in [3.63, 3.8) is 0 Å². The van der Waals surface area contributed by atoms with Crippen LogP contribution in [-0.2, 0) is 0 Å². The summed E-state index contributed by atoms with van der Waals surface area (Å²) in [5.74, 6) is 0.733. The van der Waals surface area contributed by atoms with E-state index < -0.39 is 0 Å². The molecule has 0 amide bonds. The minimum absolute atomic E-state index is 0.101. The molecule has 1 aliphatic carbocycles. The number of hydrogen-bond donors (Lipinski definition) is 2. The lowest BCUT2D eigenvalue weighted by atomic mass is 9.84. The first kappa shape index (κ1) is 14.9. The van der Waals surface area contributed by atoms with E-state index in [1.165, 1.54) is 25.7 Å². The van der Waals surface area contributed by atoms with E-state index in [-0.39, 0.29) is 18.7 Å². The molecule has 3 nitrogen and oxygen atoms in total. The Morgan fingerprint density at radius 3 is 2.53 bits per heavy atom. The molecule has 0 spiro atoms. The molecule has 1 rings (SSSR count). The van der Waals surface area contributed by atoms with Gasteiger partial charge < -0.3 is 10.8 Å². The van der Waals surface area contributed by atoms with E-state index in [2.05, 4.69) is 25.8 Å². The number of aliphatic hydroxyl groups excluding tert-OH is 1. The summed E-state index contributed by atoms with van der Waals surface area (Å²) in [6.45, 7) is 4.67. The maximum Gasteiger partial charge on any atom is 0.0601 e. The lowest BCUT2D eigenvalue weighted by Crippen LogP contribution is -2.54. The third-order valence-electron chi connectivity index (χ3n) is 4.42. The van der Waals surface area contributed by atoms with E-state index in [4.69, 9.17) is 5.73 Å². The van der Waals surface area contributed by atoms with Crippen molar-refractivity contribution in [3.8, 4) is 0 Å². The zero-order valence-electron chi connectivity index (χ0n) is 11.7. The molecule has 1 saturated carbocycles.